The lowest BCUT2D eigenvalue weighted by molar-refractivity contribution is 0.540. The number of aryl methyl sites for hydroxylation is 2. The van der Waals surface area contributed by atoms with Crippen molar-refractivity contribution in [2.45, 2.75) is 13.5 Å². The molecule has 4 aromatic rings. The summed E-state index contributed by atoms with van der Waals surface area (Å²) >= 11 is 0. The number of rotatable bonds is 4. The zero-order valence-corrected chi connectivity index (χ0v) is 16.0. The summed E-state index contributed by atoms with van der Waals surface area (Å²) in [5, 5.41) is 4.63. The second-order valence-corrected chi connectivity index (χ2v) is 6.89. The summed E-state index contributed by atoms with van der Waals surface area (Å²) < 4.78 is 32.4. The van der Waals surface area contributed by atoms with Crippen molar-refractivity contribution in [2.24, 2.45) is 7.05 Å². The van der Waals surface area contributed by atoms with E-state index in [1.807, 2.05) is 0 Å². The summed E-state index contributed by atoms with van der Waals surface area (Å²) in [6.45, 7) is 5.51. The van der Waals surface area contributed by atoms with Crippen molar-refractivity contribution >= 4 is 16.5 Å². The van der Waals surface area contributed by atoms with Crippen LogP contribution in [0.25, 0.3) is 16.5 Å². The predicted octanol–water partition coefficient (Wildman–Crippen LogP) is 3.83. The van der Waals surface area contributed by atoms with Gasteiger partial charge in [-0.2, -0.15) is 5.10 Å². The molecular weight excluding hydrogens is 374 g/mol. The van der Waals surface area contributed by atoms with E-state index in [1.54, 1.807) is 49.1 Å². The molecule has 0 radical (unpaired) electrons. The third kappa shape index (κ3) is 3.35. The number of aromatic nitrogens is 4. The van der Waals surface area contributed by atoms with Gasteiger partial charge >= 0.3 is 0 Å². The third-order valence-electron chi connectivity index (χ3n) is 4.89. The minimum absolute atomic E-state index is 0.205. The number of fused-ring (bicyclic) bond motifs is 1. The number of para-hydroxylation sites is 1. The van der Waals surface area contributed by atoms with E-state index in [-0.39, 0.29) is 17.7 Å². The van der Waals surface area contributed by atoms with E-state index in [1.165, 1.54) is 23.0 Å². The highest BCUT2D eigenvalue weighted by Gasteiger charge is 2.17. The molecular formula is C22H18F2N4O. The molecule has 0 saturated carbocycles. The summed E-state index contributed by atoms with van der Waals surface area (Å²) in [4.78, 5) is 16.8. The Hall–Kier alpha value is -3.61. The van der Waals surface area contributed by atoms with Crippen LogP contribution in [-0.4, -0.2) is 19.3 Å². The van der Waals surface area contributed by atoms with Gasteiger partial charge in [0.2, 0.25) is 0 Å². The van der Waals surface area contributed by atoms with Crippen LogP contribution in [0.5, 0.6) is 0 Å². The third-order valence-corrected chi connectivity index (χ3v) is 4.89. The van der Waals surface area contributed by atoms with Crippen molar-refractivity contribution in [1.29, 1.82) is 0 Å². The van der Waals surface area contributed by atoms with Gasteiger partial charge in [-0.15, -0.1) is 0 Å². The minimum atomic E-state index is -0.747. The molecule has 0 fully saturated rings. The largest absolute Gasteiger partial charge is 0.294 e. The lowest BCUT2D eigenvalue weighted by Gasteiger charge is -2.12. The van der Waals surface area contributed by atoms with E-state index in [0.717, 1.165) is 5.69 Å². The van der Waals surface area contributed by atoms with Gasteiger partial charge < -0.3 is 0 Å². The highest BCUT2D eigenvalue weighted by atomic mass is 19.1. The van der Waals surface area contributed by atoms with Crippen LogP contribution < -0.4 is 5.56 Å². The van der Waals surface area contributed by atoms with E-state index in [4.69, 9.17) is 0 Å². The first-order valence-corrected chi connectivity index (χ1v) is 8.97. The molecule has 0 aliphatic carbocycles. The second kappa shape index (κ2) is 7.09. The van der Waals surface area contributed by atoms with Crippen molar-refractivity contribution in [3.05, 3.63) is 99.9 Å². The summed E-state index contributed by atoms with van der Waals surface area (Å²) in [5.74, 6) is -1.49. The summed E-state index contributed by atoms with van der Waals surface area (Å²) in [6, 6.07) is 9.30. The molecule has 0 bridgehead atoms. The quantitative estimate of drug-likeness (QED) is 0.531. The normalized spacial score (nSPS) is 11.2. The number of hydrogen-bond donors (Lipinski definition) is 0. The zero-order valence-electron chi connectivity index (χ0n) is 16.0. The molecule has 0 aliphatic rings. The van der Waals surface area contributed by atoms with Gasteiger partial charge in [-0.3, -0.25) is 14.0 Å². The Morgan fingerprint density at radius 2 is 1.86 bits per heavy atom. The van der Waals surface area contributed by atoms with Gasteiger partial charge in [-0.05, 0) is 42.3 Å². The average molecular weight is 392 g/mol. The molecule has 2 aromatic carbocycles. The molecule has 0 spiro atoms. The molecule has 29 heavy (non-hydrogen) atoms. The first-order chi connectivity index (χ1) is 13.8. The van der Waals surface area contributed by atoms with Crippen molar-refractivity contribution < 1.29 is 8.78 Å². The lowest BCUT2D eigenvalue weighted by atomic mass is 9.98. The molecule has 0 N–H and O–H groups in total. The Morgan fingerprint density at radius 1 is 1.17 bits per heavy atom. The summed E-state index contributed by atoms with van der Waals surface area (Å²) in [6.07, 6.45) is 3.05. The van der Waals surface area contributed by atoms with Crippen LogP contribution in [0.3, 0.4) is 0 Å². The van der Waals surface area contributed by atoms with Gasteiger partial charge in [0.25, 0.3) is 5.56 Å². The number of halogens is 2. The standard InChI is InChI=1S/C22H18F2N4O/c1-13(17-10-27(3)26-14(17)2)15-8-19(23)18(20(24)9-15)11-28-12-25-21-7-5-4-6-16(21)22(28)29/h4-10,12H,1,11H2,2-3H3. The molecule has 7 heteroatoms. The SMILES string of the molecule is C=C(c1cc(F)c(Cn2cnc3ccccc3c2=O)c(F)c1)c1cn(C)nc1C. The first kappa shape index (κ1) is 18.7. The Kier molecular flexibility index (Phi) is 4.58. The highest BCUT2D eigenvalue weighted by molar-refractivity contribution is 5.79. The minimum Gasteiger partial charge on any atom is -0.294 e. The fraction of sp³-hybridized carbons (Fsp3) is 0.136. The van der Waals surface area contributed by atoms with Crippen LogP contribution in [-0.2, 0) is 13.6 Å². The van der Waals surface area contributed by atoms with Crippen LogP contribution in [0.1, 0.15) is 22.4 Å². The predicted molar refractivity (Wildman–Crippen MR) is 108 cm³/mol. The highest BCUT2D eigenvalue weighted by Crippen LogP contribution is 2.27. The van der Waals surface area contributed by atoms with Crippen LogP contribution in [0.15, 0.2) is 60.3 Å². The summed E-state index contributed by atoms with van der Waals surface area (Å²) in [5.41, 5.74) is 2.21. The van der Waals surface area contributed by atoms with Crippen LogP contribution in [0, 0.1) is 18.6 Å². The molecule has 2 heterocycles. The Bertz CT molecular complexity index is 1300. The molecule has 0 atom stereocenters. The van der Waals surface area contributed by atoms with Crippen LogP contribution >= 0.6 is 0 Å². The van der Waals surface area contributed by atoms with E-state index < -0.39 is 11.6 Å². The summed E-state index contributed by atoms with van der Waals surface area (Å²) in [7, 11) is 1.77. The van der Waals surface area contributed by atoms with Gasteiger partial charge in [0, 0.05) is 24.4 Å². The lowest BCUT2D eigenvalue weighted by Crippen LogP contribution is -2.22. The van der Waals surface area contributed by atoms with E-state index >= 15 is 0 Å². The second-order valence-electron chi connectivity index (χ2n) is 6.89. The van der Waals surface area contributed by atoms with E-state index in [2.05, 4.69) is 16.7 Å². The Morgan fingerprint density at radius 3 is 2.52 bits per heavy atom. The maximum atomic E-state index is 14.8. The number of nitrogens with zero attached hydrogens (tertiary/aromatic N) is 4. The van der Waals surface area contributed by atoms with Crippen molar-refractivity contribution in [3.63, 3.8) is 0 Å². The fourth-order valence-electron chi connectivity index (χ4n) is 3.37. The molecule has 2 aromatic heterocycles. The Balaban J connectivity index is 1.71. The molecule has 146 valence electrons. The van der Waals surface area contributed by atoms with Gasteiger partial charge in [-0.1, -0.05) is 18.7 Å². The maximum Gasteiger partial charge on any atom is 0.261 e. The molecule has 0 saturated heterocycles. The van der Waals surface area contributed by atoms with Crippen LogP contribution in [0.2, 0.25) is 0 Å². The Labute approximate surface area is 165 Å². The topological polar surface area (TPSA) is 52.7 Å². The molecule has 5 nitrogen and oxygen atoms in total. The van der Waals surface area contributed by atoms with Crippen LogP contribution in [0.4, 0.5) is 8.78 Å². The van der Waals surface area contributed by atoms with Crippen molar-refractivity contribution in [3.8, 4) is 0 Å². The zero-order chi connectivity index (χ0) is 20.7. The molecule has 0 unspecified atom stereocenters. The monoisotopic (exact) mass is 392 g/mol. The fourth-order valence-corrected chi connectivity index (χ4v) is 3.37. The molecule has 4 rings (SSSR count). The van der Waals surface area contributed by atoms with Gasteiger partial charge in [0.05, 0.1) is 29.5 Å². The molecule has 0 amide bonds. The number of hydrogen-bond acceptors (Lipinski definition) is 3. The van der Waals surface area contributed by atoms with E-state index in [9.17, 15) is 13.6 Å². The van der Waals surface area contributed by atoms with Crippen molar-refractivity contribution in [2.75, 3.05) is 0 Å². The van der Waals surface area contributed by atoms with Gasteiger partial charge in [-0.25, -0.2) is 13.8 Å². The molecule has 0 aliphatic heterocycles. The smallest absolute Gasteiger partial charge is 0.261 e. The van der Waals surface area contributed by atoms with Gasteiger partial charge in [0.15, 0.2) is 0 Å². The average Bonchev–Trinajstić information content (AvgIpc) is 3.03. The number of benzene rings is 2. The van der Waals surface area contributed by atoms with Gasteiger partial charge in [0.1, 0.15) is 11.6 Å². The van der Waals surface area contributed by atoms with Crippen molar-refractivity contribution in [1.82, 2.24) is 19.3 Å². The van der Waals surface area contributed by atoms with E-state index in [0.29, 0.717) is 27.6 Å². The maximum absolute atomic E-state index is 14.8. The first-order valence-electron chi connectivity index (χ1n) is 8.97.